The zero-order valence-electron chi connectivity index (χ0n) is 15.1. The number of aryl methyl sites for hydroxylation is 2. The third kappa shape index (κ3) is 4.92. The molecule has 0 aliphatic heterocycles. The summed E-state index contributed by atoms with van der Waals surface area (Å²) in [5.41, 5.74) is 4.05. The van der Waals surface area contributed by atoms with Gasteiger partial charge in [0.2, 0.25) is 0 Å². The summed E-state index contributed by atoms with van der Waals surface area (Å²) in [5.74, 6) is 0.663. The summed E-state index contributed by atoms with van der Waals surface area (Å²) in [6, 6.07) is 13.4. The summed E-state index contributed by atoms with van der Waals surface area (Å²) in [6.07, 6.45) is 5.67. The van der Waals surface area contributed by atoms with Crippen molar-refractivity contribution in [3.63, 3.8) is 0 Å². The van der Waals surface area contributed by atoms with Gasteiger partial charge in [0, 0.05) is 5.02 Å². The Morgan fingerprint density at radius 2 is 1.85 bits per heavy atom. The Balaban J connectivity index is 1.52. The van der Waals surface area contributed by atoms with Crippen molar-refractivity contribution in [2.24, 2.45) is 0 Å². The molecule has 0 saturated carbocycles. The predicted molar refractivity (Wildman–Crippen MR) is 105 cm³/mol. The van der Waals surface area contributed by atoms with Gasteiger partial charge in [-0.2, -0.15) is 0 Å². The number of ether oxygens (including phenoxy) is 1. The average molecular weight is 373 g/mol. The Morgan fingerprint density at radius 1 is 1.12 bits per heavy atom. The molecule has 5 heteroatoms. The summed E-state index contributed by atoms with van der Waals surface area (Å²) in [6.45, 7) is 2.18. The van der Waals surface area contributed by atoms with E-state index in [9.17, 15) is 4.79 Å². The molecule has 0 aromatic heterocycles. The lowest BCUT2D eigenvalue weighted by Gasteiger charge is -2.22. The first-order chi connectivity index (χ1) is 12.7. The molecule has 0 saturated heterocycles. The Morgan fingerprint density at radius 3 is 2.58 bits per heavy atom. The standard InChI is InChI=1S/C21H25ClN2O2/c1-2-20(17-8-7-15-5-3-4-6-16(15)13-17)24-21(25)23-14-26-19-11-9-18(22)10-12-19/h7-13,20H,2-6,14H2,1H3,(H2,23,24,25). The first-order valence-electron chi connectivity index (χ1n) is 9.20. The lowest BCUT2D eigenvalue weighted by Crippen LogP contribution is -2.39. The van der Waals surface area contributed by atoms with Crippen LogP contribution in [-0.4, -0.2) is 12.8 Å². The maximum absolute atomic E-state index is 12.2. The zero-order valence-corrected chi connectivity index (χ0v) is 15.8. The van der Waals surface area contributed by atoms with Crippen molar-refractivity contribution in [3.05, 3.63) is 64.2 Å². The molecule has 1 aliphatic rings. The number of fused-ring (bicyclic) bond motifs is 1. The third-order valence-electron chi connectivity index (χ3n) is 4.77. The molecule has 0 heterocycles. The molecule has 2 N–H and O–H groups in total. The Labute approximate surface area is 159 Å². The van der Waals surface area contributed by atoms with E-state index in [1.165, 1.54) is 36.0 Å². The van der Waals surface area contributed by atoms with Crippen molar-refractivity contribution in [2.45, 2.75) is 45.1 Å². The number of nitrogens with one attached hydrogen (secondary N) is 2. The van der Waals surface area contributed by atoms with E-state index in [1.54, 1.807) is 24.3 Å². The van der Waals surface area contributed by atoms with Crippen LogP contribution in [0.15, 0.2) is 42.5 Å². The van der Waals surface area contributed by atoms with Gasteiger partial charge < -0.3 is 15.4 Å². The highest BCUT2D eigenvalue weighted by Gasteiger charge is 2.16. The fourth-order valence-corrected chi connectivity index (χ4v) is 3.44. The van der Waals surface area contributed by atoms with Crippen molar-refractivity contribution >= 4 is 17.6 Å². The SMILES string of the molecule is CCC(NC(=O)NCOc1ccc(Cl)cc1)c1ccc2c(c1)CCCC2. The van der Waals surface area contributed by atoms with E-state index in [0.717, 1.165) is 12.8 Å². The molecule has 0 radical (unpaired) electrons. The van der Waals surface area contributed by atoms with E-state index in [-0.39, 0.29) is 18.8 Å². The largest absolute Gasteiger partial charge is 0.473 e. The number of amides is 2. The van der Waals surface area contributed by atoms with E-state index in [0.29, 0.717) is 10.8 Å². The van der Waals surface area contributed by atoms with Crippen LogP contribution in [0.2, 0.25) is 5.02 Å². The van der Waals surface area contributed by atoms with Crippen molar-refractivity contribution in [2.75, 3.05) is 6.73 Å². The molecule has 1 atom stereocenters. The zero-order chi connectivity index (χ0) is 18.4. The number of rotatable bonds is 6. The second-order valence-electron chi connectivity index (χ2n) is 6.59. The van der Waals surface area contributed by atoms with Crippen LogP contribution >= 0.6 is 11.6 Å². The van der Waals surface area contributed by atoms with Gasteiger partial charge in [0.25, 0.3) is 0 Å². The minimum atomic E-state index is -0.233. The number of benzene rings is 2. The number of hydrogen-bond donors (Lipinski definition) is 2. The molecule has 26 heavy (non-hydrogen) atoms. The highest BCUT2D eigenvalue weighted by Crippen LogP contribution is 2.26. The van der Waals surface area contributed by atoms with Gasteiger partial charge in [0.15, 0.2) is 6.73 Å². The number of urea groups is 1. The molecule has 2 amide bonds. The second kappa shape index (κ2) is 8.95. The quantitative estimate of drug-likeness (QED) is 0.700. The van der Waals surface area contributed by atoms with Gasteiger partial charge in [-0.05, 0) is 73.1 Å². The number of carbonyl (C=O) groups is 1. The number of carbonyl (C=O) groups excluding carboxylic acids is 1. The maximum Gasteiger partial charge on any atom is 0.317 e. The second-order valence-corrected chi connectivity index (χ2v) is 7.03. The van der Waals surface area contributed by atoms with Crippen LogP contribution in [0.1, 0.15) is 48.9 Å². The molecule has 0 spiro atoms. The molecule has 3 rings (SSSR count). The molecule has 2 aromatic carbocycles. The summed E-state index contributed by atoms with van der Waals surface area (Å²) >= 11 is 5.84. The van der Waals surface area contributed by atoms with E-state index < -0.39 is 0 Å². The fraction of sp³-hybridized carbons (Fsp3) is 0.381. The Hall–Kier alpha value is -2.20. The molecular formula is C21H25ClN2O2. The highest BCUT2D eigenvalue weighted by molar-refractivity contribution is 6.30. The van der Waals surface area contributed by atoms with E-state index in [1.807, 2.05) is 0 Å². The van der Waals surface area contributed by atoms with Crippen molar-refractivity contribution in [1.29, 1.82) is 0 Å². The smallest absolute Gasteiger partial charge is 0.317 e. The van der Waals surface area contributed by atoms with Crippen LogP contribution in [0.3, 0.4) is 0 Å². The van der Waals surface area contributed by atoms with Gasteiger partial charge >= 0.3 is 6.03 Å². The molecule has 1 unspecified atom stereocenters. The van der Waals surface area contributed by atoms with Crippen LogP contribution in [0.4, 0.5) is 4.79 Å². The van der Waals surface area contributed by atoms with Crippen LogP contribution < -0.4 is 15.4 Å². The van der Waals surface area contributed by atoms with Gasteiger partial charge in [0.05, 0.1) is 6.04 Å². The van der Waals surface area contributed by atoms with E-state index in [4.69, 9.17) is 16.3 Å². The lowest BCUT2D eigenvalue weighted by atomic mass is 9.89. The lowest BCUT2D eigenvalue weighted by molar-refractivity contribution is 0.220. The fourth-order valence-electron chi connectivity index (χ4n) is 3.32. The topological polar surface area (TPSA) is 50.4 Å². The summed E-state index contributed by atoms with van der Waals surface area (Å²) in [5, 5.41) is 6.42. The molecule has 0 bridgehead atoms. The third-order valence-corrected chi connectivity index (χ3v) is 5.03. The van der Waals surface area contributed by atoms with E-state index in [2.05, 4.69) is 35.8 Å². The van der Waals surface area contributed by atoms with Crippen molar-refractivity contribution in [1.82, 2.24) is 10.6 Å². The summed E-state index contributed by atoms with van der Waals surface area (Å²) in [4.78, 5) is 12.2. The first-order valence-corrected chi connectivity index (χ1v) is 9.58. The monoisotopic (exact) mass is 372 g/mol. The van der Waals surface area contributed by atoms with Gasteiger partial charge in [0.1, 0.15) is 5.75 Å². The van der Waals surface area contributed by atoms with Gasteiger partial charge in [-0.25, -0.2) is 4.79 Å². The predicted octanol–water partition coefficient (Wildman–Crippen LogP) is 5.01. The molecule has 0 fully saturated rings. The van der Waals surface area contributed by atoms with E-state index >= 15 is 0 Å². The molecule has 1 aliphatic carbocycles. The average Bonchev–Trinajstić information content (AvgIpc) is 2.67. The number of hydrogen-bond acceptors (Lipinski definition) is 2. The Kier molecular flexibility index (Phi) is 6.40. The van der Waals surface area contributed by atoms with Gasteiger partial charge in [-0.3, -0.25) is 0 Å². The van der Waals surface area contributed by atoms with Crippen molar-refractivity contribution in [3.8, 4) is 5.75 Å². The van der Waals surface area contributed by atoms with Crippen molar-refractivity contribution < 1.29 is 9.53 Å². The first kappa shape index (κ1) is 18.6. The minimum Gasteiger partial charge on any atom is -0.473 e. The molecule has 4 nitrogen and oxygen atoms in total. The number of halogens is 1. The van der Waals surface area contributed by atoms with Crippen LogP contribution in [0.5, 0.6) is 5.75 Å². The molecule has 2 aromatic rings. The summed E-state index contributed by atoms with van der Waals surface area (Å²) in [7, 11) is 0. The summed E-state index contributed by atoms with van der Waals surface area (Å²) < 4.78 is 5.50. The molecular weight excluding hydrogens is 348 g/mol. The van der Waals surface area contributed by atoms with Crippen LogP contribution in [0.25, 0.3) is 0 Å². The molecule has 138 valence electrons. The van der Waals surface area contributed by atoms with Gasteiger partial charge in [-0.1, -0.05) is 36.7 Å². The normalized spacial score (nSPS) is 14.2. The maximum atomic E-state index is 12.2. The minimum absolute atomic E-state index is 0.00208. The van der Waals surface area contributed by atoms with Crippen LogP contribution in [-0.2, 0) is 12.8 Å². The van der Waals surface area contributed by atoms with Gasteiger partial charge in [-0.15, -0.1) is 0 Å². The van der Waals surface area contributed by atoms with Crippen LogP contribution in [0, 0.1) is 0 Å². The Bertz CT molecular complexity index is 746. The highest BCUT2D eigenvalue weighted by atomic mass is 35.5.